The van der Waals surface area contributed by atoms with Crippen LogP contribution < -0.4 is 0 Å². The molecule has 0 aliphatic heterocycles. The number of carboxylic acids is 1. The fraction of sp³-hybridized carbons (Fsp3) is 0.929. The highest BCUT2D eigenvalue weighted by Crippen LogP contribution is 2.30. The van der Waals surface area contributed by atoms with Gasteiger partial charge in [-0.1, -0.05) is 13.8 Å². The third-order valence-electron chi connectivity index (χ3n) is 3.93. The van der Waals surface area contributed by atoms with E-state index in [0.717, 1.165) is 18.8 Å². The van der Waals surface area contributed by atoms with Crippen LogP contribution in [0.5, 0.6) is 0 Å². The van der Waals surface area contributed by atoms with Crippen molar-refractivity contribution < 1.29 is 19.4 Å². The van der Waals surface area contributed by atoms with Crippen LogP contribution >= 0.6 is 0 Å². The second-order valence-electron chi connectivity index (χ2n) is 5.33. The summed E-state index contributed by atoms with van der Waals surface area (Å²) in [5.41, 5.74) is 0. The molecule has 106 valence electrons. The Morgan fingerprint density at radius 3 is 2.61 bits per heavy atom. The Morgan fingerprint density at radius 2 is 2.06 bits per heavy atom. The van der Waals surface area contributed by atoms with Crippen molar-refractivity contribution in [2.45, 2.75) is 58.7 Å². The Balaban J connectivity index is 2.22. The number of carbonyl (C=O) groups is 1. The van der Waals surface area contributed by atoms with E-state index in [2.05, 4.69) is 13.8 Å². The van der Waals surface area contributed by atoms with Gasteiger partial charge in [0, 0.05) is 19.6 Å². The van der Waals surface area contributed by atoms with Gasteiger partial charge in [-0.25, -0.2) is 4.79 Å². The summed E-state index contributed by atoms with van der Waals surface area (Å²) in [7, 11) is 0. The van der Waals surface area contributed by atoms with Crippen LogP contribution in [0.3, 0.4) is 0 Å². The molecule has 18 heavy (non-hydrogen) atoms. The highest BCUT2D eigenvalue weighted by molar-refractivity contribution is 5.72. The molecule has 0 spiro atoms. The fourth-order valence-corrected chi connectivity index (χ4v) is 2.47. The van der Waals surface area contributed by atoms with Gasteiger partial charge in [0.2, 0.25) is 0 Å². The average molecular weight is 258 g/mol. The van der Waals surface area contributed by atoms with Crippen molar-refractivity contribution in [1.82, 2.24) is 0 Å². The van der Waals surface area contributed by atoms with Crippen LogP contribution in [-0.2, 0) is 14.3 Å². The van der Waals surface area contributed by atoms with E-state index in [-0.39, 0.29) is 0 Å². The summed E-state index contributed by atoms with van der Waals surface area (Å²) in [6, 6.07) is 0. The van der Waals surface area contributed by atoms with Crippen molar-refractivity contribution in [2.75, 3.05) is 13.2 Å². The van der Waals surface area contributed by atoms with Crippen molar-refractivity contribution >= 4 is 5.97 Å². The molecule has 1 saturated carbocycles. The molecular formula is C14H26O4. The number of rotatable bonds is 7. The molecule has 0 bridgehead atoms. The minimum atomic E-state index is -0.897. The molecule has 1 aliphatic rings. The number of carboxylic acid groups (broad SMARTS) is 1. The predicted molar refractivity (Wildman–Crippen MR) is 69.6 cm³/mol. The molecule has 4 unspecified atom stereocenters. The first kappa shape index (κ1) is 15.4. The van der Waals surface area contributed by atoms with E-state index in [1.165, 1.54) is 6.42 Å². The number of hydrogen-bond acceptors (Lipinski definition) is 3. The molecule has 0 aromatic rings. The molecule has 4 heteroatoms. The highest BCUT2D eigenvalue weighted by atomic mass is 16.5. The Kier molecular flexibility index (Phi) is 6.65. The molecule has 4 atom stereocenters. The van der Waals surface area contributed by atoms with E-state index in [9.17, 15) is 4.79 Å². The maximum atomic E-state index is 10.9. The lowest BCUT2D eigenvalue weighted by atomic mass is 9.80. The van der Waals surface area contributed by atoms with E-state index < -0.39 is 12.1 Å². The van der Waals surface area contributed by atoms with Crippen LogP contribution in [0.15, 0.2) is 0 Å². The molecule has 0 saturated heterocycles. The Morgan fingerprint density at radius 1 is 1.33 bits per heavy atom. The predicted octanol–water partition coefficient (Wildman–Crippen LogP) is 2.71. The van der Waals surface area contributed by atoms with Gasteiger partial charge >= 0.3 is 5.97 Å². The van der Waals surface area contributed by atoms with Crippen LogP contribution in [-0.4, -0.2) is 36.5 Å². The van der Waals surface area contributed by atoms with E-state index in [1.807, 2.05) is 0 Å². The quantitative estimate of drug-likeness (QED) is 0.763. The summed E-state index contributed by atoms with van der Waals surface area (Å²) in [4.78, 5) is 10.9. The first-order valence-electron chi connectivity index (χ1n) is 7.00. The SMILES string of the molecule is CCOC(CCOC1CCC(C)C(C)C1)C(=O)O. The molecular weight excluding hydrogens is 232 g/mol. The van der Waals surface area contributed by atoms with Gasteiger partial charge in [-0.15, -0.1) is 0 Å². The zero-order chi connectivity index (χ0) is 13.5. The van der Waals surface area contributed by atoms with Gasteiger partial charge in [0.25, 0.3) is 0 Å². The molecule has 1 N–H and O–H groups in total. The van der Waals surface area contributed by atoms with Crippen molar-refractivity contribution in [3.05, 3.63) is 0 Å². The van der Waals surface area contributed by atoms with E-state index in [0.29, 0.717) is 31.7 Å². The summed E-state index contributed by atoms with van der Waals surface area (Å²) >= 11 is 0. The largest absolute Gasteiger partial charge is 0.479 e. The number of ether oxygens (including phenoxy) is 2. The fourth-order valence-electron chi connectivity index (χ4n) is 2.47. The number of aliphatic carboxylic acids is 1. The highest BCUT2D eigenvalue weighted by Gasteiger charge is 2.25. The lowest BCUT2D eigenvalue weighted by Crippen LogP contribution is -2.30. The van der Waals surface area contributed by atoms with Crippen molar-refractivity contribution in [2.24, 2.45) is 11.8 Å². The standard InChI is InChI=1S/C14H26O4/c1-4-17-13(14(15)16)7-8-18-12-6-5-10(2)11(3)9-12/h10-13H,4-9H2,1-3H3,(H,15,16). The maximum Gasteiger partial charge on any atom is 0.332 e. The third-order valence-corrected chi connectivity index (χ3v) is 3.93. The second kappa shape index (κ2) is 7.74. The van der Waals surface area contributed by atoms with Crippen molar-refractivity contribution in [3.63, 3.8) is 0 Å². The average Bonchev–Trinajstić information content (AvgIpc) is 2.32. The van der Waals surface area contributed by atoms with Gasteiger partial charge in [0.05, 0.1) is 6.10 Å². The maximum absolute atomic E-state index is 10.9. The summed E-state index contributed by atoms with van der Waals surface area (Å²) in [5, 5.41) is 8.94. The van der Waals surface area contributed by atoms with Crippen LogP contribution in [0.4, 0.5) is 0 Å². The smallest absolute Gasteiger partial charge is 0.332 e. The molecule has 0 heterocycles. The van der Waals surface area contributed by atoms with Gasteiger partial charge in [-0.05, 0) is 38.0 Å². The van der Waals surface area contributed by atoms with E-state index in [1.54, 1.807) is 6.92 Å². The van der Waals surface area contributed by atoms with Crippen LogP contribution in [0.25, 0.3) is 0 Å². The monoisotopic (exact) mass is 258 g/mol. The molecule has 0 radical (unpaired) electrons. The summed E-state index contributed by atoms with van der Waals surface area (Å²) in [5.74, 6) is 0.581. The lowest BCUT2D eigenvalue weighted by molar-refractivity contribution is -0.151. The molecule has 0 amide bonds. The van der Waals surface area contributed by atoms with Gasteiger partial charge in [-0.2, -0.15) is 0 Å². The molecule has 0 aromatic heterocycles. The van der Waals surface area contributed by atoms with Gasteiger partial charge in [0.15, 0.2) is 6.10 Å². The van der Waals surface area contributed by atoms with Gasteiger partial charge in [0.1, 0.15) is 0 Å². The molecule has 4 nitrogen and oxygen atoms in total. The molecule has 1 rings (SSSR count). The van der Waals surface area contributed by atoms with Crippen molar-refractivity contribution in [3.8, 4) is 0 Å². The summed E-state index contributed by atoms with van der Waals surface area (Å²) in [6.07, 6.45) is 3.40. The zero-order valence-corrected chi connectivity index (χ0v) is 11.7. The molecule has 1 fully saturated rings. The van der Waals surface area contributed by atoms with E-state index in [4.69, 9.17) is 14.6 Å². The van der Waals surface area contributed by atoms with Crippen LogP contribution in [0, 0.1) is 11.8 Å². The topological polar surface area (TPSA) is 55.8 Å². The van der Waals surface area contributed by atoms with Crippen LogP contribution in [0.2, 0.25) is 0 Å². The lowest BCUT2D eigenvalue weighted by Gasteiger charge is -2.32. The Bertz CT molecular complexity index is 254. The Labute approximate surface area is 110 Å². The van der Waals surface area contributed by atoms with Gasteiger partial charge < -0.3 is 14.6 Å². The third kappa shape index (κ3) is 4.94. The molecule has 0 aromatic carbocycles. The Hall–Kier alpha value is -0.610. The summed E-state index contributed by atoms with van der Waals surface area (Å²) < 4.78 is 10.9. The number of hydrogen-bond donors (Lipinski definition) is 1. The van der Waals surface area contributed by atoms with Gasteiger partial charge in [-0.3, -0.25) is 0 Å². The van der Waals surface area contributed by atoms with Crippen molar-refractivity contribution in [1.29, 1.82) is 0 Å². The minimum absolute atomic E-state index is 0.298. The summed E-state index contributed by atoms with van der Waals surface area (Å²) in [6.45, 7) is 7.26. The molecule has 1 aliphatic carbocycles. The van der Waals surface area contributed by atoms with Crippen LogP contribution in [0.1, 0.15) is 46.5 Å². The van der Waals surface area contributed by atoms with E-state index >= 15 is 0 Å². The minimum Gasteiger partial charge on any atom is -0.479 e. The zero-order valence-electron chi connectivity index (χ0n) is 11.7. The second-order valence-corrected chi connectivity index (χ2v) is 5.33. The normalized spacial score (nSPS) is 30.1. The first-order valence-corrected chi connectivity index (χ1v) is 7.00. The first-order chi connectivity index (χ1) is 8.54.